The highest BCUT2D eigenvalue weighted by Gasteiger charge is 2.36. The molecule has 3 rings (SSSR count). The van der Waals surface area contributed by atoms with Crippen LogP contribution in [-0.4, -0.2) is 42.3 Å². The van der Waals surface area contributed by atoms with E-state index in [-0.39, 0.29) is 6.04 Å². The molecule has 0 spiro atoms. The van der Waals surface area contributed by atoms with Crippen LogP contribution in [0.15, 0.2) is 48.5 Å². The first-order chi connectivity index (χ1) is 12.6. The van der Waals surface area contributed by atoms with Crippen molar-refractivity contribution < 1.29 is 19.4 Å². The number of likely N-dealkylation sites (tertiary alicyclic amines) is 1. The van der Waals surface area contributed by atoms with E-state index in [1.165, 1.54) is 0 Å². The van der Waals surface area contributed by atoms with Gasteiger partial charge in [0.15, 0.2) is 0 Å². The van der Waals surface area contributed by atoms with Gasteiger partial charge in [-0.15, -0.1) is 0 Å². The predicted octanol–water partition coefficient (Wildman–Crippen LogP) is 3.73. The van der Waals surface area contributed by atoms with Crippen molar-refractivity contribution in [3.05, 3.63) is 59.7 Å². The van der Waals surface area contributed by atoms with Crippen LogP contribution < -0.4 is 9.47 Å². The van der Waals surface area contributed by atoms with Gasteiger partial charge in [0, 0.05) is 6.54 Å². The molecule has 5 heteroatoms. The second-order valence-corrected chi connectivity index (χ2v) is 6.42. The van der Waals surface area contributed by atoms with E-state index in [4.69, 9.17) is 9.47 Å². The smallest absolute Gasteiger partial charge is 0.320 e. The van der Waals surface area contributed by atoms with Gasteiger partial charge in [0.2, 0.25) is 0 Å². The Labute approximate surface area is 154 Å². The molecule has 1 aliphatic rings. The quantitative estimate of drug-likeness (QED) is 0.820. The zero-order chi connectivity index (χ0) is 18.5. The Kier molecular flexibility index (Phi) is 5.78. The molecule has 26 heavy (non-hydrogen) atoms. The van der Waals surface area contributed by atoms with Gasteiger partial charge < -0.3 is 14.6 Å². The predicted molar refractivity (Wildman–Crippen MR) is 99.8 cm³/mol. The van der Waals surface area contributed by atoms with Gasteiger partial charge in [0.25, 0.3) is 0 Å². The molecule has 0 bridgehead atoms. The highest BCUT2D eigenvalue weighted by Crippen LogP contribution is 2.36. The van der Waals surface area contributed by atoms with Gasteiger partial charge in [-0.3, -0.25) is 9.69 Å². The van der Waals surface area contributed by atoms with Gasteiger partial charge in [-0.2, -0.15) is 0 Å². The first-order valence-electron chi connectivity index (χ1n) is 8.99. The summed E-state index contributed by atoms with van der Waals surface area (Å²) in [5.41, 5.74) is 2.09. The van der Waals surface area contributed by atoms with Gasteiger partial charge in [-0.05, 0) is 55.2 Å². The molecular weight excluding hydrogens is 330 g/mol. The maximum Gasteiger partial charge on any atom is 0.320 e. The zero-order valence-electron chi connectivity index (χ0n) is 15.2. The molecular formula is C21H25NO4. The number of hydrogen-bond donors (Lipinski definition) is 1. The monoisotopic (exact) mass is 355 g/mol. The molecule has 1 aliphatic heterocycles. The highest BCUT2D eigenvalue weighted by molar-refractivity contribution is 5.74. The van der Waals surface area contributed by atoms with E-state index in [0.717, 1.165) is 35.6 Å². The van der Waals surface area contributed by atoms with E-state index in [2.05, 4.69) is 4.90 Å². The van der Waals surface area contributed by atoms with Crippen LogP contribution in [0.5, 0.6) is 11.5 Å². The summed E-state index contributed by atoms with van der Waals surface area (Å²) in [6.45, 7) is 3.30. The number of hydrogen-bond acceptors (Lipinski definition) is 4. The van der Waals surface area contributed by atoms with E-state index in [0.29, 0.717) is 13.0 Å². The number of carboxylic acids is 1. The van der Waals surface area contributed by atoms with Crippen molar-refractivity contribution in [2.75, 3.05) is 20.3 Å². The molecule has 138 valence electrons. The van der Waals surface area contributed by atoms with Crippen molar-refractivity contribution in [3.8, 4) is 11.5 Å². The maximum absolute atomic E-state index is 11.8. The number of carboxylic acid groups (broad SMARTS) is 1. The SMILES string of the molecule is CCOc1cccc(C(c2ccc(OC)cc2)N2CCCC2C(=O)O)c1. The summed E-state index contributed by atoms with van der Waals surface area (Å²) in [4.78, 5) is 13.8. The molecule has 2 unspecified atom stereocenters. The molecule has 0 aromatic heterocycles. The van der Waals surface area contributed by atoms with Crippen molar-refractivity contribution in [2.24, 2.45) is 0 Å². The molecule has 1 N–H and O–H groups in total. The third-order valence-electron chi connectivity index (χ3n) is 4.83. The molecule has 1 saturated heterocycles. The van der Waals surface area contributed by atoms with E-state index < -0.39 is 12.0 Å². The average molecular weight is 355 g/mol. The van der Waals surface area contributed by atoms with Gasteiger partial charge >= 0.3 is 5.97 Å². The Morgan fingerprint density at radius 1 is 1.19 bits per heavy atom. The minimum atomic E-state index is -0.762. The molecule has 0 saturated carbocycles. The minimum Gasteiger partial charge on any atom is -0.497 e. The fraction of sp³-hybridized carbons (Fsp3) is 0.381. The van der Waals surface area contributed by atoms with Crippen LogP contribution in [0, 0.1) is 0 Å². The highest BCUT2D eigenvalue weighted by atomic mass is 16.5. The summed E-state index contributed by atoms with van der Waals surface area (Å²) >= 11 is 0. The standard InChI is InChI=1S/C21H25NO4/c1-3-26-18-7-4-6-16(14-18)20(15-9-11-17(25-2)12-10-15)22-13-5-8-19(22)21(23)24/h4,6-7,9-12,14,19-20H,3,5,8,13H2,1-2H3,(H,23,24). The lowest BCUT2D eigenvalue weighted by atomic mass is 9.96. The van der Waals surface area contributed by atoms with E-state index in [1.54, 1.807) is 7.11 Å². The Morgan fingerprint density at radius 3 is 2.62 bits per heavy atom. The molecule has 1 heterocycles. The Morgan fingerprint density at radius 2 is 1.96 bits per heavy atom. The van der Waals surface area contributed by atoms with Crippen molar-refractivity contribution >= 4 is 5.97 Å². The summed E-state index contributed by atoms with van der Waals surface area (Å²) in [5, 5.41) is 9.66. The van der Waals surface area contributed by atoms with E-state index in [1.807, 2.05) is 55.5 Å². The minimum absolute atomic E-state index is 0.134. The van der Waals surface area contributed by atoms with Crippen molar-refractivity contribution in [1.29, 1.82) is 0 Å². The lowest BCUT2D eigenvalue weighted by Gasteiger charge is -2.32. The largest absolute Gasteiger partial charge is 0.497 e. The summed E-state index contributed by atoms with van der Waals surface area (Å²) in [5.74, 6) is 0.823. The van der Waals surface area contributed by atoms with Crippen LogP contribution in [0.4, 0.5) is 0 Å². The topological polar surface area (TPSA) is 59.0 Å². The lowest BCUT2D eigenvalue weighted by Crippen LogP contribution is -2.39. The number of ether oxygens (including phenoxy) is 2. The second kappa shape index (κ2) is 8.23. The van der Waals surface area contributed by atoms with Gasteiger partial charge in [-0.25, -0.2) is 0 Å². The molecule has 2 aromatic rings. The second-order valence-electron chi connectivity index (χ2n) is 6.42. The summed E-state index contributed by atoms with van der Waals surface area (Å²) in [6, 6.07) is 15.2. The molecule has 5 nitrogen and oxygen atoms in total. The van der Waals surface area contributed by atoms with Gasteiger partial charge in [-0.1, -0.05) is 24.3 Å². The van der Waals surface area contributed by atoms with E-state index in [9.17, 15) is 9.90 Å². The van der Waals surface area contributed by atoms with Gasteiger partial charge in [0.05, 0.1) is 19.8 Å². The van der Waals surface area contributed by atoms with E-state index >= 15 is 0 Å². The molecule has 0 aliphatic carbocycles. The number of rotatable bonds is 7. The number of carbonyl (C=O) groups is 1. The summed E-state index contributed by atoms with van der Waals surface area (Å²) < 4.78 is 10.9. The third kappa shape index (κ3) is 3.83. The van der Waals surface area contributed by atoms with Crippen LogP contribution in [0.25, 0.3) is 0 Å². The normalized spacial score (nSPS) is 18.5. The summed E-state index contributed by atoms with van der Waals surface area (Å²) in [7, 11) is 1.64. The van der Waals surface area contributed by atoms with Gasteiger partial charge in [0.1, 0.15) is 17.5 Å². The first-order valence-corrected chi connectivity index (χ1v) is 8.99. The fourth-order valence-corrected chi connectivity index (χ4v) is 3.67. The van der Waals surface area contributed by atoms with Crippen molar-refractivity contribution in [2.45, 2.75) is 31.8 Å². The Hall–Kier alpha value is -2.53. The molecule has 0 radical (unpaired) electrons. The summed E-state index contributed by atoms with van der Waals surface area (Å²) in [6.07, 6.45) is 1.56. The molecule has 2 aromatic carbocycles. The van der Waals surface area contributed by atoms with Crippen LogP contribution in [0.2, 0.25) is 0 Å². The number of benzene rings is 2. The maximum atomic E-state index is 11.8. The zero-order valence-corrected chi connectivity index (χ0v) is 15.2. The van der Waals surface area contributed by atoms with Crippen LogP contribution >= 0.6 is 0 Å². The number of nitrogens with zero attached hydrogens (tertiary/aromatic N) is 1. The lowest BCUT2D eigenvalue weighted by molar-refractivity contribution is -0.142. The fourth-order valence-electron chi connectivity index (χ4n) is 3.67. The molecule has 2 atom stereocenters. The first kappa shape index (κ1) is 18.3. The third-order valence-corrected chi connectivity index (χ3v) is 4.83. The molecule has 0 amide bonds. The number of methoxy groups -OCH3 is 1. The van der Waals surface area contributed by atoms with Crippen LogP contribution in [0.3, 0.4) is 0 Å². The van der Waals surface area contributed by atoms with Crippen LogP contribution in [0.1, 0.15) is 36.9 Å². The van der Waals surface area contributed by atoms with Crippen molar-refractivity contribution in [1.82, 2.24) is 4.90 Å². The Balaban J connectivity index is 2.03. The average Bonchev–Trinajstić information content (AvgIpc) is 3.13. The molecule has 1 fully saturated rings. The Bertz CT molecular complexity index is 744. The number of aliphatic carboxylic acids is 1. The van der Waals surface area contributed by atoms with Crippen molar-refractivity contribution in [3.63, 3.8) is 0 Å². The van der Waals surface area contributed by atoms with Crippen LogP contribution in [-0.2, 0) is 4.79 Å².